The smallest absolute Gasteiger partial charge is 0.0469 e. The Morgan fingerprint density at radius 2 is 2.23 bits per heavy atom. The van der Waals surface area contributed by atoms with Gasteiger partial charge < -0.3 is 10.7 Å². The molecule has 2 nitrogen and oxygen atoms in total. The minimum absolute atomic E-state index is 0.801. The predicted molar refractivity (Wildman–Crippen MR) is 59.8 cm³/mol. The maximum atomic E-state index is 5.71. The lowest BCUT2D eigenvalue weighted by Gasteiger charge is -1.92. The van der Waals surface area contributed by atoms with Crippen LogP contribution in [0.2, 0.25) is 0 Å². The lowest BCUT2D eigenvalue weighted by molar-refractivity contribution is 1.06. The van der Waals surface area contributed by atoms with Crippen LogP contribution < -0.4 is 5.73 Å². The Hall–Kier alpha value is -0.960. The van der Waals surface area contributed by atoms with E-state index in [1.54, 1.807) is 0 Å². The second-order valence-electron chi connectivity index (χ2n) is 3.08. The van der Waals surface area contributed by atoms with Crippen LogP contribution >= 0.6 is 15.9 Å². The van der Waals surface area contributed by atoms with Crippen molar-refractivity contribution in [2.75, 3.05) is 5.73 Å². The van der Waals surface area contributed by atoms with Crippen molar-refractivity contribution in [2.45, 2.75) is 13.3 Å². The predicted octanol–water partition coefficient (Wildman–Crippen LogP) is 3.08. The zero-order valence-electron chi connectivity index (χ0n) is 7.39. The molecule has 68 valence electrons. The van der Waals surface area contributed by atoms with Crippen molar-refractivity contribution >= 4 is 32.5 Å². The minimum atomic E-state index is 0.801. The number of hydrogen-bond donors (Lipinski definition) is 2. The summed E-state index contributed by atoms with van der Waals surface area (Å²) in [4.78, 5) is 3.34. The number of hydrogen-bond acceptors (Lipinski definition) is 1. The van der Waals surface area contributed by atoms with Crippen molar-refractivity contribution in [2.24, 2.45) is 0 Å². The van der Waals surface area contributed by atoms with Crippen LogP contribution in [-0.4, -0.2) is 4.98 Å². The fourth-order valence-electron chi connectivity index (χ4n) is 1.48. The number of nitrogens with two attached hydrogens (primary N) is 1. The Labute approximate surface area is 85.3 Å². The summed E-state index contributed by atoms with van der Waals surface area (Å²) in [5, 5.41) is 1.16. The van der Waals surface area contributed by atoms with Gasteiger partial charge in [-0.2, -0.15) is 0 Å². The molecule has 0 aliphatic rings. The Morgan fingerprint density at radius 3 is 2.92 bits per heavy atom. The van der Waals surface area contributed by atoms with E-state index >= 15 is 0 Å². The van der Waals surface area contributed by atoms with Crippen LogP contribution in [0.15, 0.2) is 22.7 Å². The number of nitrogens with one attached hydrogen (secondary N) is 1. The number of fused-ring (bicyclic) bond motifs is 1. The van der Waals surface area contributed by atoms with Crippen LogP contribution in [0, 0.1) is 0 Å². The van der Waals surface area contributed by atoms with Gasteiger partial charge in [-0.1, -0.05) is 6.92 Å². The minimum Gasteiger partial charge on any atom is -0.399 e. The fraction of sp³-hybridized carbons (Fsp3) is 0.200. The molecule has 3 N–H and O–H groups in total. The first-order valence-electron chi connectivity index (χ1n) is 4.28. The van der Waals surface area contributed by atoms with E-state index in [4.69, 9.17) is 5.73 Å². The largest absolute Gasteiger partial charge is 0.399 e. The molecule has 1 aromatic heterocycles. The van der Waals surface area contributed by atoms with Crippen LogP contribution in [0.1, 0.15) is 12.6 Å². The van der Waals surface area contributed by atoms with E-state index in [1.807, 2.05) is 18.2 Å². The van der Waals surface area contributed by atoms with Crippen molar-refractivity contribution in [3.05, 3.63) is 28.4 Å². The number of halogens is 1. The molecule has 0 amide bonds. The van der Waals surface area contributed by atoms with E-state index < -0.39 is 0 Å². The Balaban J connectivity index is 2.77. The van der Waals surface area contributed by atoms with E-state index in [1.165, 1.54) is 5.69 Å². The van der Waals surface area contributed by atoms with Gasteiger partial charge in [-0.05, 0) is 40.5 Å². The van der Waals surface area contributed by atoms with Crippen molar-refractivity contribution in [1.82, 2.24) is 4.98 Å². The van der Waals surface area contributed by atoms with Crippen molar-refractivity contribution in [3.63, 3.8) is 0 Å². The van der Waals surface area contributed by atoms with Gasteiger partial charge in [-0.3, -0.25) is 0 Å². The van der Waals surface area contributed by atoms with Crippen molar-refractivity contribution < 1.29 is 0 Å². The molecule has 0 spiro atoms. The van der Waals surface area contributed by atoms with Gasteiger partial charge in [0.2, 0.25) is 0 Å². The van der Waals surface area contributed by atoms with Crippen LogP contribution in [0.25, 0.3) is 10.9 Å². The molecule has 0 aliphatic heterocycles. The average Bonchev–Trinajstić information content (AvgIpc) is 2.44. The van der Waals surface area contributed by atoms with E-state index in [2.05, 4.69) is 27.8 Å². The van der Waals surface area contributed by atoms with Gasteiger partial charge >= 0.3 is 0 Å². The SMILES string of the molecule is CCc1[nH]c2ccc(N)cc2c1Br. The molecule has 0 saturated carbocycles. The Kier molecular flexibility index (Phi) is 2.04. The molecule has 0 bridgehead atoms. The zero-order chi connectivity index (χ0) is 9.42. The van der Waals surface area contributed by atoms with Crippen LogP contribution in [0.4, 0.5) is 5.69 Å². The van der Waals surface area contributed by atoms with Gasteiger partial charge in [-0.25, -0.2) is 0 Å². The second-order valence-corrected chi connectivity index (χ2v) is 3.87. The number of aromatic nitrogens is 1. The first kappa shape index (κ1) is 8.63. The van der Waals surface area contributed by atoms with E-state index in [0.717, 1.165) is 27.5 Å². The lowest BCUT2D eigenvalue weighted by Crippen LogP contribution is -1.81. The molecule has 0 radical (unpaired) electrons. The molecule has 1 aromatic carbocycles. The molecule has 0 fully saturated rings. The second kappa shape index (κ2) is 3.07. The molecule has 3 heteroatoms. The molecule has 13 heavy (non-hydrogen) atoms. The maximum absolute atomic E-state index is 5.71. The normalized spacial score (nSPS) is 10.9. The summed E-state index contributed by atoms with van der Waals surface area (Å²) in [7, 11) is 0. The van der Waals surface area contributed by atoms with Gasteiger partial charge in [0.25, 0.3) is 0 Å². The summed E-state index contributed by atoms with van der Waals surface area (Å²) >= 11 is 3.56. The van der Waals surface area contributed by atoms with Gasteiger partial charge in [0.05, 0.1) is 0 Å². The summed E-state index contributed by atoms with van der Waals surface area (Å²) in [5.74, 6) is 0. The van der Waals surface area contributed by atoms with E-state index in [0.29, 0.717) is 0 Å². The number of nitrogen functional groups attached to an aromatic ring is 1. The summed E-state index contributed by atoms with van der Waals surface area (Å²) in [6.45, 7) is 2.12. The topological polar surface area (TPSA) is 41.8 Å². The third-order valence-corrected chi connectivity index (χ3v) is 3.09. The molecule has 1 heterocycles. The molecule has 0 atom stereocenters. The average molecular weight is 239 g/mol. The van der Waals surface area contributed by atoms with Gasteiger partial charge in [0.15, 0.2) is 0 Å². The molecule has 2 rings (SSSR count). The fourth-order valence-corrected chi connectivity index (χ4v) is 2.18. The van der Waals surface area contributed by atoms with Crippen LogP contribution in [0.3, 0.4) is 0 Å². The molecule has 2 aromatic rings. The number of H-pyrrole nitrogens is 1. The lowest BCUT2D eigenvalue weighted by atomic mass is 10.2. The highest BCUT2D eigenvalue weighted by Gasteiger charge is 2.06. The van der Waals surface area contributed by atoms with Gasteiger partial charge in [0, 0.05) is 26.8 Å². The summed E-state index contributed by atoms with van der Waals surface area (Å²) in [6, 6.07) is 5.90. The van der Waals surface area contributed by atoms with Crippen molar-refractivity contribution in [3.8, 4) is 0 Å². The highest BCUT2D eigenvalue weighted by Crippen LogP contribution is 2.29. The standard InChI is InChI=1S/C10H11BrN2/c1-2-8-10(11)7-5-6(12)3-4-9(7)13-8/h3-5,13H,2,12H2,1H3. The number of aromatic amines is 1. The molecular formula is C10H11BrN2. The van der Waals surface area contributed by atoms with E-state index in [9.17, 15) is 0 Å². The van der Waals surface area contributed by atoms with Crippen LogP contribution in [-0.2, 0) is 6.42 Å². The molecule has 0 saturated heterocycles. The van der Waals surface area contributed by atoms with E-state index in [-0.39, 0.29) is 0 Å². The summed E-state index contributed by atoms with van der Waals surface area (Å²) in [5.41, 5.74) is 8.87. The third-order valence-electron chi connectivity index (χ3n) is 2.18. The molecule has 0 unspecified atom stereocenters. The first-order valence-corrected chi connectivity index (χ1v) is 5.07. The number of rotatable bonds is 1. The van der Waals surface area contributed by atoms with Crippen LogP contribution in [0.5, 0.6) is 0 Å². The Morgan fingerprint density at radius 1 is 1.46 bits per heavy atom. The first-order chi connectivity index (χ1) is 6.22. The van der Waals surface area contributed by atoms with Crippen molar-refractivity contribution in [1.29, 1.82) is 0 Å². The highest BCUT2D eigenvalue weighted by molar-refractivity contribution is 9.10. The number of aryl methyl sites for hydroxylation is 1. The van der Waals surface area contributed by atoms with Gasteiger partial charge in [-0.15, -0.1) is 0 Å². The highest BCUT2D eigenvalue weighted by atomic mass is 79.9. The third kappa shape index (κ3) is 1.33. The number of benzene rings is 1. The zero-order valence-corrected chi connectivity index (χ0v) is 8.98. The monoisotopic (exact) mass is 238 g/mol. The maximum Gasteiger partial charge on any atom is 0.0469 e. The Bertz CT molecular complexity index is 445. The summed E-state index contributed by atoms with van der Waals surface area (Å²) in [6.07, 6.45) is 0.995. The van der Waals surface area contributed by atoms with Gasteiger partial charge in [0.1, 0.15) is 0 Å². The number of anilines is 1. The summed E-state index contributed by atoms with van der Waals surface area (Å²) < 4.78 is 1.14. The molecular weight excluding hydrogens is 228 g/mol. The molecule has 0 aliphatic carbocycles. The quantitative estimate of drug-likeness (QED) is 0.737.